The third-order valence-electron chi connectivity index (χ3n) is 1.89. The summed E-state index contributed by atoms with van der Waals surface area (Å²) in [5.74, 6) is 0. The fourth-order valence-electron chi connectivity index (χ4n) is 1.18. The van der Waals surface area contributed by atoms with Gasteiger partial charge in [0.05, 0.1) is 9.52 Å². The summed E-state index contributed by atoms with van der Waals surface area (Å²) in [5.41, 5.74) is 0. The lowest BCUT2D eigenvalue weighted by Gasteiger charge is -2.07. The molecular formula is C11H17NSi. The van der Waals surface area contributed by atoms with E-state index in [0.29, 0.717) is 0 Å². The zero-order valence-corrected chi connectivity index (χ0v) is 9.46. The first-order valence-electron chi connectivity index (χ1n) is 4.72. The second-order valence-corrected chi connectivity index (χ2v) is 4.88. The van der Waals surface area contributed by atoms with Gasteiger partial charge in [-0.3, -0.25) is 0 Å². The number of rotatable bonds is 5. The summed E-state index contributed by atoms with van der Waals surface area (Å²) in [6, 6.07) is 12.1. The van der Waals surface area contributed by atoms with Crippen molar-refractivity contribution in [3.63, 3.8) is 0 Å². The maximum absolute atomic E-state index is 2.25. The van der Waals surface area contributed by atoms with Gasteiger partial charge < -0.3 is 4.90 Å². The molecule has 0 heterocycles. The van der Waals surface area contributed by atoms with Crippen LogP contribution < -0.4 is 5.19 Å². The standard InChI is InChI=1S/C11H17NSi/c1-12(2)9-6-10-13-11-7-4-3-5-8-11/h3-5,7-8H,6,9-10H2,1-2H3. The fraction of sp³-hybridized carbons (Fsp3) is 0.455. The molecule has 1 rings (SSSR count). The molecule has 0 N–H and O–H groups in total. The van der Waals surface area contributed by atoms with Crippen LogP contribution in [0.4, 0.5) is 0 Å². The molecule has 13 heavy (non-hydrogen) atoms. The Balaban J connectivity index is 2.13. The van der Waals surface area contributed by atoms with Crippen LogP contribution in [0.25, 0.3) is 0 Å². The summed E-state index contributed by atoms with van der Waals surface area (Å²) in [7, 11) is 5.24. The van der Waals surface area contributed by atoms with Gasteiger partial charge in [-0.2, -0.15) is 0 Å². The van der Waals surface area contributed by atoms with Crippen LogP contribution in [0.3, 0.4) is 0 Å². The average Bonchev–Trinajstić information content (AvgIpc) is 2.14. The minimum Gasteiger partial charge on any atom is -0.309 e. The summed E-state index contributed by atoms with van der Waals surface area (Å²) >= 11 is 0. The van der Waals surface area contributed by atoms with Crippen molar-refractivity contribution in [3.8, 4) is 0 Å². The minimum atomic E-state index is 0.977. The molecule has 70 valence electrons. The zero-order valence-electron chi connectivity index (χ0n) is 8.46. The first kappa shape index (κ1) is 10.5. The van der Waals surface area contributed by atoms with E-state index in [9.17, 15) is 0 Å². The van der Waals surface area contributed by atoms with Crippen molar-refractivity contribution in [2.24, 2.45) is 0 Å². The molecule has 1 aromatic rings. The zero-order chi connectivity index (χ0) is 9.52. The topological polar surface area (TPSA) is 3.24 Å². The van der Waals surface area contributed by atoms with Gasteiger partial charge in [-0.05, 0) is 27.1 Å². The van der Waals surface area contributed by atoms with Crippen molar-refractivity contribution in [1.82, 2.24) is 4.90 Å². The van der Waals surface area contributed by atoms with Crippen LogP contribution in [0.1, 0.15) is 6.42 Å². The Morgan fingerprint density at radius 3 is 2.46 bits per heavy atom. The molecule has 0 aliphatic heterocycles. The Bertz CT molecular complexity index is 221. The third-order valence-corrected chi connectivity index (χ3v) is 3.23. The van der Waals surface area contributed by atoms with Crippen LogP contribution in [0.5, 0.6) is 0 Å². The highest BCUT2D eigenvalue weighted by Gasteiger charge is 1.94. The van der Waals surface area contributed by atoms with Gasteiger partial charge in [-0.25, -0.2) is 0 Å². The molecule has 0 saturated carbocycles. The van der Waals surface area contributed by atoms with Crippen molar-refractivity contribution < 1.29 is 0 Å². The number of nitrogens with zero attached hydrogens (tertiary/aromatic N) is 1. The molecule has 1 aromatic carbocycles. The number of benzene rings is 1. The van der Waals surface area contributed by atoms with Crippen LogP contribution >= 0.6 is 0 Å². The second kappa shape index (κ2) is 5.94. The molecule has 0 aliphatic rings. The monoisotopic (exact) mass is 191 g/mol. The lowest BCUT2D eigenvalue weighted by Crippen LogP contribution is -2.17. The molecule has 0 fully saturated rings. The predicted molar refractivity (Wildman–Crippen MR) is 59.8 cm³/mol. The summed E-state index contributed by atoms with van der Waals surface area (Å²) in [6.07, 6.45) is 1.31. The fourth-order valence-corrected chi connectivity index (χ4v) is 2.24. The number of hydrogen-bond acceptors (Lipinski definition) is 1. The summed E-state index contributed by atoms with van der Waals surface area (Å²) in [5, 5.41) is 1.49. The normalized spacial score (nSPS) is 10.7. The van der Waals surface area contributed by atoms with Crippen LogP contribution in [-0.4, -0.2) is 35.1 Å². The lowest BCUT2D eigenvalue weighted by molar-refractivity contribution is 0.408. The van der Waals surface area contributed by atoms with E-state index < -0.39 is 0 Å². The Kier molecular flexibility index (Phi) is 4.79. The SMILES string of the molecule is CN(C)CCC[Si]c1ccccc1. The third kappa shape index (κ3) is 4.86. The largest absolute Gasteiger partial charge is 0.309 e. The van der Waals surface area contributed by atoms with Gasteiger partial charge in [0, 0.05) is 0 Å². The molecule has 0 amide bonds. The molecule has 2 radical (unpaired) electrons. The summed E-state index contributed by atoms with van der Waals surface area (Å²) in [4.78, 5) is 2.25. The Morgan fingerprint density at radius 1 is 1.15 bits per heavy atom. The molecule has 0 aliphatic carbocycles. The predicted octanol–water partition coefficient (Wildman–Crippen LogP) is 1.39. The van der Waals surface area contributed by atoms with Gasteiger partial charge >= 0.3 is 0 Å². The van der Waals surface area contributed by atoms with Gasteiger partial charge in [-0.15, -0.1) is 0 Å². The minimum absolute atomic E-state index is 0.977. The van der Waals surface area contributed by atoms with E-state index in [2.05, 4.69) is 49.3 Å². The summed E-state index contributed by atoms with van der Waals surface area (Å²) in [6.45, 7) is 1.21. The Morgan fingerprint density at radius 2 is 1.85 bits per heavy atom. The molecule has 0 atom stereocenters. The van der Waals surface area contributed by atoms with E-state index >= 15 is 0 Å². The molecule has 0 aromatic heterocycles. The smallest absolute Gasteiger partial charge is 0.0808 e. The molecule has 0 spiro atoms. The van der Waals surface area contributed by atoms with Crippen molar-refractivity contribution in [2.75, 3.05) is 20.6 Å². The van der Waals surface area contributed by atoms with E-state index in [1.165, 1.54) is 24.2 Å². The van der Waals surface area contributed by atoms with E-state index in [4.69, 9.17) is 0 Å². The first-order valence-corrected chi connectivity index (χ1v) is 5.93. The Hall–Kier alpha value is -0.603. The van der Waals surface area contributed by atoms with Crippen molar-refractivity contribution in [3.05, 3.63) is 30.3 Å². The van der Waals surface area contributed by atoms with Crippen molar-refractivity contribution in [2.45, 2.75) is 12.5 Å². The lowest BCUT2D eigenvalue weighted by atomic mass is 10.4. The van der Waals surface area contributed by atoms with E-state index in [1.54, 1.807) is 0 Å². The van der Waals surface area contributed by atoms with Gasteiger partial charge in [-0.1, -0.05) is 41.6 Å². The van der Waals surface area contributed by atoms with Gasteiger partial charge in [0.1, 0.15) is 0 Å². The Labute approximate surface area is 83.6 Å². The van der Waals surface area contributed by atoms with Crippen LogP contribution in [-0.2, 0) is 0 Å². The van der Waals surface area contributed by atoms with Crippen LogP contribution in [0.15, 0.2) is 30.3 Å². The molecular weight excluding hydrogens is 174 g/mol. The van der Waals surface area contributed by atoms with Gasteiger partial charge in [0.25, 0.3) is 0 Å². The van der Waals surface area contributed by atoms with Crippen molar-refractivity contribution >= 4 is 14.7 Å². The quantitative estimate of drug-likeness (QED) is 0.502. The molecule has 0 unspecified atom stereocenters. The van der Waals surface area contributed by atoms with E-state index in [0.717, 1.165) is 9.52 Å². The van der Waals surface area contributed by atoms with E-state index in [-0.39, 0.29) is 0 Å². The van der Waals surface area contributed by atoms with Crippen LogP contribution in [0.2, 0.25) is 6.04 Å². The maximum Gasteiger partial charge on any atom is 0.0808 e. The summed E-state index contributed by atoms with van der Waals surface area (Å²) < 4.78 is 0. The highest BCUT2D eigenvalue weighted by Crippen LogP contribution is 1.91. The first-order chi connectivity index (χ1) is 6.29. The molecule has 1 nitrogen and oxygen atoms in total. The highest BCUT2D eigenvalue weighted by atomic mass is 28.2. The van der Waals surface area contributed by atoms with Gasteiger partial charge in [0.2, 0.25) is 0 Å². The van der Waals surface area contributed by atoms with Crippen molar-refractivity contribution in [1.29, 1.82) is 0 Å². The van der Waals surface area contributed by atoms with Gasteiger partial charge in [0.15, 0.2) is 0 Å². The van der Waals surface area contributed by atoms with E-state index in [1.807, 2.05) is 0 Å². The molecule has 2 heteroatoms. The average molecular weight is 191 g/mol. The highest BCUT2D eigenvalue weighted by molar-refractivity contribution is 6.53. The maximum atomic E-state index is 2.25. The molecule has 0 saturated heterocycles. The molecule has 0 bridgehead atoms. The second-order valence-electron chi connectivity index (χ2n) is 3.45. The van der Waals surface area contributed by atoms with Crippen LogP contribution in [0, 0.1) is 0 Å². The number of hydrogen-bond donors (Lipinski definition) is 0.